The molecule has 5 nitrogen and oxygen atoms in total. The molecule has 0 aliphatic carbocycles. The van der Waals surface area contributed by atoms with Gasteiger partial charge < -0.3 is 9.88 Å². The van der Waals surface area contributed by atoms with E-state index in [1.165, 1.54) is 35.2 Å². The first-order valence-electron chi connectivity index (χ1n) is 5.15. The molecule has 1 aromatic carbocycles. The molecule has 6 heteroatoms. The van der Waals surface area contributed by atoms with Crippen LogP contribution >= 0.6 is 0 Å². The molecule has 1 amide bonds. The average molecular weight is 244 g/mol. The Balaban J connectivity index is 2.04. The van der Waals surface area contributed by atoms with Crippen LogP contribution in [0.2, 0.25) is 0 Å². The minimum Gasteiger partial charge on any atom is -0.324 e. The van der Waals surface area contributed by atoms with Crippen molar-refractivity contribution >= 4 is 11.6 Å². The third-order valence-electron chi connectivity index (χ3n) is 2.24. The quantitative estimate of drug-likeness (QED) is 0.890. The first kappa shape index (κ1) is 11.8. The van der Waals surface area contributed by atoms with Gasteiger partial charge in [0.25, 0.3) is 0 Å². The maximum Gasteiger partial charge on any atom is 0.244 e. The fraction of sp³-hybridized carbons (Fsp3) is 0.0833. The van der Waals surface area contributed by atoms with Crippen LogP contribution in [0.4, 0.5) is 10.1 Å². The van der Waals surface area contributed by atoms with Crippen molar-refractivity contribution in [3.8, 4) is 6.07 Å². The highest BCUT2D eigenvalue weighted by molar-refractivity contribution is 5.90. The lowest BCUT2D eigenvalue weighted by atomic mass is 10.3. The van der Waals surface area contributed by atoms with Crippen molar-refractivity contribution in [2.24, 2.45) is 0 Å². The molecule has 0 aliphatic heterocycles. The van der Waals surface area contributed by atoms with Gasteiger partial charge in [-0.2, -0.15) is 5.26 Å². The molecule has 0 saturated carbocycles. The Hall–Kier alpha value is -2.68. The number of aromatic nitrogens is 2. The minimum atomic E-state index is -0.423. The van der Waals surface area contributed by atoms with E-state index in [0.29, 0.717) is 5.69 Å². The van der Waals surface area contributed by atoms with Crippen LogP contribution in [0, 0.1) is 17.1 Å². The number of anilines is 1. The van der Waals surface area contributed by atoms with Crippen LogP contribution in [-0.2, 0) is 11.3 Å². The van der Waals surface area contributed by atoms with Crippen molar-refractivity contribution in [3.63, 3.8) is 0 Å². The van der Waals surface area contributed by atoms with Crippen LogP contribution in [0.3, 0.4) is 0 Å². The van der Waals surface area contributed by atoms with Crippen LogP contribution < -0.4 is 5.32 Å². The Bertz CT molecular complexity index is 615. The average Bonchev–Trinajstić information content (AvgIpc) is 2.76. The van der Waals surface area contributed by atoms with Gasteiger partial charge in [-0.1, -0.05) is 6.07 Å². The summed E-state index contributed by atoms with van der Waals surface area (Å²) in [7, 11) is 0. The zero-order chi connectivity index (χ0) is 13.0. The van der Waals surface area contributed by atoms with Gasteiger partial charge in [0.1, 0.15) is 18.4 Å². The third-order valence-corrected chi connectivity index (χ3v) is 2.24. The fourth-order valence-electron chi connectivity index (χ4n) is 1.47. The van der Waals surface area contributed by atoms with Gasteiger partial charge in [-0.15, -0.1) is 0 Å². The molecule has 18 heavy (non-hydrogen) atoms. The lowest BCUT2D eigenvalue weighted by Crippen LogP contribution is -2.19. The summed E-state index contributed by atoms with van der Waals surface area (Å²) in [5.74, 6) is -0.618. The van der Waals surface area contributed by atoms with E-state index in [-0.39, 0.29) is 18.3 Å². The topological polar surface area (TPSA) is 70.7 Å². The summed E-state index contributed by atoms with van der Waals surface area (Å²) in [6.07, 6.45) is 2.97. The number of nitrogens with zero attached hydrogens (tertiary/aromatic N) is 3. The number of carbonyl (C=O) groups excluding carboxylic acids is 1. The molecule has 1 N–H and O–H groups in total. The zero-order valence-corrected chi connectivity index (χ0v) is 9.30. The Morgan fingerprint density at radius 2 is 2.39 bits per heavy atom. The highest BCUT2D eigenvalue weighted by Crippen LogP contribution is 2.09. The number of halogens is 1. The van der Waals surface area contributed by atoms with Gasteiger partial charge >= 0.3 is 0 Å². The third kappa shape index (κ3) is 2.71. The van der Waals surface area contributed by atoms with Gasteiger partial charge in [-0.25, -0.2) is 9.37 Å². The van der Waals surface area contributed by atoms with Gasteiger partial charge in [0.05, 0.1) is 0 Å². The van der Waals surface area contributed by atoms with Gasteiger partial charge in [0, 0.05) is 18.1 Å². The van der Waals surface area contributed by atoms with Crippen molar-refractivity contribution in [1.29, 1.82) is 5.26 Å². The van der Waals surface area contributed by atoms with E-state index < -0.39 is 5.82 Å². The van der Waals surface area contributed by atoms with Gasteiger partial charge in [-0.05, 0) is 18.2 Å². The molecule has 0 fully saturated rings. The molecule has 0 unspecified atom stereocenters. The number of hydrogen-bond acceptors (Lipinski definition) is 3. The maximum absolute atomic E-state index is 12.9. The van der Waals surface area contributed by atoms with Crippen LogP contribution in [0.5, 0.6) is 0 Å². The summed E-state index contributed by atoms with van der Waals surface area (Å²) in [5.41, 5.74) is 0.374. The van der Waals surface area contributed by atoms with Crippen molar-refractivity contribution in [2.45, 2.75) is 6.54 Å². The second-order valence-electron chi connectivity index (χ2n) is 3.55. The number of rotatable bonds is 3. The number of benzene rings is 1. The van der Waals surface area contributed by atoms with Crippen LogP contribution in [0.25, 0.3) is 0 Å². The van der Waals surface area contributed by atoms with E-state index in [1.54, 1.807) is 6.07 Å². The molecule has 0 saturated heterocycles. The second kappa shape index (κ2) is 5.10. The Morgan fingerprint density at radius 3 is 3.11 bits per heavy atom. The molecule has 2 aromatic rings. The van der Waals surface area contributed by atoms with E-state index in [2.05, 4.69) is 10.3 Å². The molecule has 1 aromatic heterocycles. The van der Waals surface area contributed by atoms with E-state index >= 15 is 0 Å². The zero-order valence-electron chi connectivity index (χ0n) is 9.30. The molecule has 0 spiro atoms. The van der Waals surface area contributed by atoms with E-state index in [4.69, 9.17) is 5.26 Å². The highest BCUT2D eigenvalue weighted by Gasteiger charge is 2.07. The molecule has 0 radical (unpaired) electrons. The van der Waals surface area contributed by atoms with Crippen LogP contribution in [0.15, 0.2) is 36.7 Å². The Kier molecular flexibility index (Phi) is 3.34. The summed E-state index contributed by atoms with van der Waals surface area (Å²) in [5, 5.41) is 11.3. The minimum absolute atomic E-state index is 0.0423. The Labute approximate surface area is 102 Å². The van der Waals surface area contributed by atoms with Gasteiger partial charge in [0.2, 0.25) is 11.7 Å². The van der Waals surface area contributed by atoms with Crippen molar-refractivity contribution in [1.82, 2.24) is 9.55 Å². The smallest absolute Gasteiger partial charge is 0.244 e. The molecule has 2 rings (SSSR count). The van der Waals surface area contributed by atoms with E-state index in [0.717, 1.165) is 0 Å². The SMILES string of the molecule is N#Cc1nccn1CC(=O)Nc1cccc(F)c1. The van der Waals surface area contributed by atoms with Crippen molar-refractivity contribution in [3.05, 3.63) is 48.3 Å². The molecule has 90 valence electrons. The summed E-state index contributed by atoms with van der Waals surface area (Å²) in [6, 6.07) is 7.46. The number of carbonyl (C=O) groups is 1. The summed E-state index contributed by atoms with van der Waals surface area (Å²) >= 11 is 0. The normalized spacial score (nSPS) is 9.78. The first-order valence-corrected chi connectivity index (χ1v) is 5.15. The van der Waals surface area contributed by atoms with E-state index in [1.807, 2.05) is 6.07 Å². The maximum atomic E-state index is 12.9. The predicted molar refractivity (Wildman–Crippen MR) is 62.0 cm³/mol. The number of hydrogen-bond donors (Lipinski definition) is 1. The summed E-state index contributed by atoms with van der Waals surface area (Å²) < 4.78 is 14.3. The Morgan fingerprint density at radius 1 is 1.56 bits per heavy atom. The number of nitrogens with one attached hydrogen (secondary N) is 1. The second-order valence-corrected chi connectivity index (χ2v) is 3.55. The molecule has 1 heterocycles. The monoisotopic (exact) mass is 244 g/mol. The van der Waals surface area contributed by atoms with Gasteiger partial charge in [0.15, 0.2) is 0 Å². The molecule has 0 aliphatic rings. The molecular weight excluding hydrogens is 235 g/mol. The van der Waals surface area contributed by atoms with Gasteiger partial charge in [-0.3, -0.25) is 4.79 Å². The van der Waals surface area contributed by atoms with E-state index in [9.17, 15) is 9.18 Å². The predicted octanol–water partition coefficient (Wildman–Crippen LogP) is 1.53. The largest absolute Gasteiger partial charge is 0.324 e. The molecular formula is C12H9FN4O. The standard InChI is InChI=1S/C12H9FN4O/c13-9-2-1-3-10(6-9)16-12(18)8-17-5-4-15-11(17)7-14/h1-6H,8H2,(H,16,18). The molecule has 0 bridgehead atoms. The number of imidazole rings is 1. The lowest BCUT2D eigenvalue weighted by molar-refractivity contribution is -0.116. The summed E-state index contributed by atoms with van der Waals surface area (Å²) in [6.45, 7) is -0.0423. The lowest BCUT2D eigenvalue weighted by Gasteiger charge is -2.06. The number of amides is 1. The molecule has 0 atom stereocenters. The summed E-state index contributed by atoms with van der Waals surface area (Å²) in [4.78, 5) is 15.4. The fourth-order valence-corrected chi connectivity index (χ4v) is 1.47. The number of nitriles is 1. The van der Waals surface area contributed by atoms with Crippen LogP contribution in [0.1, 0.15) is 5.82 Å². The van der Waals surface area contributed by atoms with Crippen molar-refractivity contribution in [2.75, 3.05) is 5.32 Å². The highest BCUT2D eigenvalue weighted by atomic mass is 19.1. The van der Waals surface area contributed by atoms with Crippen molar-refractivity contribution < 1.29 is 9.18 Å². The first-order chi connectivity index (χ1) is 8.69. The van der Waals surface area contributed by atoms with Crippen LogP contribution in [-0.4, -0.2) is 15.5 Å².